The molecule has 1 rings (SSSR count). The van der Waals surface area contributed by atoms with Gasteiger partial charge >= 0.3 is 12.0 Å². The van der Waals surface area contributed by atoms with E-state index in [1.54, 1.807) is 31.2 Å². The SMILES string of the molecule is CCN(CCC(=O)O)C(=O)Nc1ccccc1C#N. The standard InChI is InChI=1S/C13H15N3O3/c1-2-16(8-7-12(17)18)13(19)15-11-6-4-3-5-10(11)9-14/h3-6H,2,7-8H2,1H3,(H,15,19)(H,17,18). The first-order valence-corrected chi connectivity index (χ1v) is 5.85. The molecule has 0 aliphatic rings. The molecule has 0 spiro atoms. The van der Waals surface area contributed by atoms with Gasteiger partial charge in [-0.1, -0.05) is 12.1 Å². The van der Waals surface area contributed by atoms with Gasteiger partial charge in [0.1, 0.15) is 6.07 Å². The highest BCUT2D eigenvalue weighted by Gasteiger charge is 2.14. The van der Waals surface area contributed by atoms with Crippen molar-refractivity contribution in [2.45, 2.75) is 13.3 Å². The number of aliphatic carboxylic acids is 1. The van der Waals surface area contributed by atoms with Crippen molar-refractivity contribution in [3.63, 3.8) is 0 Å². The van der Waals surface area contributed by atoms with E-state index in [9.17, 15) is 9.59 Å². The van der Waals surface area contributed by atoms with Gasteiger partial charge in [0.2, 0.25) is 0 Å². The first-order chi connectivity index (χ1) is 9.08. The molecular weight excluding hydrogens is 246 g/mol. The van der Waals surface area contributed by atoms with Crippen LogP contribution in [0.1, 0.15) is 18.9 Å². The van der Waals surface area contributed by atoms with E-state index < -0.39 is 12.0 Å². The zero-order chi connectivity index (χ0) is 14.3. The fourth-order valence-corrected chi connectivity index (χ4v) is 1.52. The first-order valence-electron chi connectivity index (χ1n) is 5.85. The van der Waals surface area contributed by atoms with Gasteiger partial charge in [-0.25, -0.2) is 4.79 Å². The van der Waals surface area contributed by atoms with E-state index in [2.05, 4.69) is 5.32 Å². The number of urea groups is 1. The monoisotopic (exact) mass is 261 g/mol. The molecule has 2 amide bonds. The summed E-state index contributed by atoms with van der Waals surface area (Å²) < 4.78 is 0. The number of carbonyl (C=O) groups is 2. The summed E-state index contributed by atoms with van der Waals surface area (Å²) in [6.45, 7) is 2.29. The molecule has 0 bridgehead atoms. The number of nitriles is 1. The average Bonchev–Trinajstić information content (AvgIpc) is 2.39. The van der Waals surface area contributed by atoms with Gasteiger partial charge < -0.3 is 15.3 Å². The van der Waals surface area contributed by atoms with Crippen LogP contribution in [-0.4, -0.2) is 35.1 Å². The lowest BCUT2D eigenvalue weighted by molar-refractivity contribution is -0.137. The van der Waals surface area contributed by atoms with Gasteiger partial charge in [-0.3, -0.25) is 4.79 Å². The van der Waals surface area contributed by atoms with E-state index >= 15 is 0 Å². The van der Waals surface area contributed by atoms with Crippen LogP contribution in [0.2, 0.25) is 0 Å². The van der Waals surface area contributed by atoms with Gasteiger partial charge in [0.25, 0.3) is 0 Å². The van der Waals surface area contributed by atoms with Crippen LogP contribution >= 0.6 is 0 Å². The molecule has 2 N–H and O–H groups in total. The predicted octanol–water partition coefficient (Wildman–Crippen LogP) is 1.89. The van der Waals surface area contributed by atoms with E-state index in [-0.39, 0.29) is 13.0 Å². The van der Waals surface area contributed by atoms with Gasteiger partial charge in [0.05, 0.1) is 17.7 Å². The van der Waals surface area contributed by atoms with Crippen molar-refractivity contribution in [1.82, 2.24) is 4.90 Å². The Hall–Kier alpha value is -2.55. The van der Waals surface area contributed by atoms with Crippen LogP contribution in [0.3, 0.4) is 0 Å². The number of benzene rings is 1. The minimum Gasteiger partial charge on any atom is -0.481 e. The third-order valence-corrected chi connectivity index (χ3v) is 2.55. The van der Waals surface area contributed by atoms with Crippen LogP contribution in [0.25, 0.3) is 0 Å². The maximum Gasteiger partial charge on any atom is 0.321 e. The lowest BCUT2D eigenvalue weighted by atomic mass is 10.2. The summed E-state index contributed by atoms with van der Waals surface area (Å²) in [6.07, 6.45) is -0.110. The zero-order valence-electron chi connectivity index (χ0n) is 10.6. The topological polar surface area (TPSA) is 93.4 Å². The van der Waals surface area contributed by atoms with E-state index in [0.29, 0.717) is 17.8 Å². The zero-order valence-corrected chi connectivity index (χ0v) is 10.6. The number of anilines is 1. The fraction of sp³-hybridized carbons (Fsp3) is 0.308. The average molecular weight is 261 g/mol. The van der Waals surface area contributed by atoms with Crippen LogP contribution in [0.15, 0.2) is 24.3 Å². The number of para-hydroxylation sites is 1. The molecule has 0 aromatic heterocycles. The molecule has 0 radical (unpaired) electrons. The van der Waals surface area contributed by atoms with Crippen LogP contribution in [0.5, 0.6) is 0 Å². The Morgan fingerprint density at radius 2 is 2.11 bits per heavy atom. The van der Waals surface area contributed by atoms with Crippen molar-refractivity contribution in [3.8, 4) is 6.07 Å². The summed E-state index contributed by atoms with van der Waals surface area (Å²) in [6, 6.07) is 8.21. The summed E-state index contributed by atoms with van der Waals surface area (Å²) in [7, 11) is 0. The molecule has 0 aliphatic heterocycles. The molecule has 1 aromatic rings. The van der Waals surface area contributed by atoms with Crippen molar-refractivity contribution in [2.75, 3.05) is 18.4 Å². The lowest BCUT2D eigenvalue weighted by Gasteiger charge is -2.20. The molecule has 0 atom stereocenters. The van der Waals surface area contributed by atoms with E-state index in [0.717, 1.165) is 0 Å². The molecule has 0 saturated heterocycles. The predicted molar refractivity (Wildman–Crippen MR) is 69.7 cm³/mol. The molecule has 100 valence electrons. The Labute approximate surface area is 111 Å². The summed E-state index contributed by atoms with van der Waals surface area (Å²) in [4.78, 5) is 23.8. The van der Waals surface area contributed by atoms with Gasteiger partial charge in [-0.05, 0) is 19.1 Å². The van der Waals surface area contributed by atoms with Crippen LogP contribution in [0, 0.1) is 11.3 Å². The maximum absolute atomic E-state index is 11.9. The third kappa shape index (κ3) is 4.32. The molecule has 0 aliphatic carbocycles. The molecule has 6 nitrogen and oxygen atoms in total. The Kier molecular flexibility index (Phi) is 5.35. The number of nitrogens with one attached hydrogen (secondary N) is 1. The van der Waals surface area contributed by atoms with Gasteiger partial charge in [0.15, 0.2) is 0 Å². The smallest absolute Gasteiger partial charge is 0.321 e. The molecule has 19 heavy (non-hydrogen) atoms. The molecule has 6 heteroatoms. The fourth-order valence-electron chi connectivity index (χ4n) is 1.52. The Bertz CT molecular complexity index is 508. The number of carboxylic acids is 1. The van der Waals surface area contributed by atoms with Crippen LogP contribution in [-0.2, 0) is 4.79 Å². The second kappa shape index (κ2) is 7.01. The number of rotatable bonds is 5. The maximum atomic E-state index is 11.9. The summed E-state index contributed by atoms with van der Waals surface area (Å²) in [5, 5.41) is 20.1. The van der Waals surface area contributed by atoms with Crippen molar-refractivity contribution in [3.05, 3.63) is 29.8 Å². The number of hydrogen-bond acceptors (Lipinski definition) is 3. The molecule has 1 aromatic carbocycles. The van der Waals surface area contributed by atoms with Crippen molar-refractivity contribution < 1.29 is 14.7 Å². The van der Waals surface area contributed by atoms with Crippen molar-refractivity contribution >= 4 is 17.7 Å². The lowest BCUT2D eigenvalue weighted by Crippen LogP contribution is -2.36. The van der Waals surface area contributed by atoms with Gasteiger partial charge in [0, 0.05) is 13.1 Å². The Balaban J connectivity index is 2.72. The largest absolute Gasteiger partial charge is 0.481 e. The minimum atomic E-state index is -0.955. The summed E-state index contributed by atoms with van der Waals surface area (Å²) in [5.74, 6) is -0.955. The second-order valence-corrected chi connectivity index (χ2v) is 3.81. The highest BCUT2D eigenvalue weighted by molar-refractivity contribution is 5.91. The van der Waals surface area contributed by atoms with Crippen LogP contribution < -0.4 is 5.32 Å². The highest BCUT2D eigenvalue weighted by Crippen LogP contribution is 2.14. The van der Waals surface area contributed by atoms with Crippen LogP contribution in [0.4, 0.5) is 10.5 Å². The number of carboxylic acid groups (broad SMARTS) is 1. The van der Waals surface area contributed by atoms with Crippen molar-refractivity contribution in [2.24, 2.45) is 0 Å². The summed E-state index contributed by atoms with van der Waals surface area (Å²) >= 11 is 0. The quantitative estimate of drug-likeness (QED) is 0.846. The van der Waals surface area contributed by atoms with Gasteiger partial charge in [-0.15, -0.1) is 0 Å². The normalized spacial score (nSPS) is 9.47. The molecular formula is C13H15N3O3. The molecule has 0 fully saturated rings. The first kappa shape index (κ1) is 14.5. The van der Waals surface area contributed by atoms with E-state index in [1.807, 2.05) is 6.07 Å². The Morgan fingerprint density at radius 1 is 1.42 bits per heavy atom. The van der Waals surface area contributed by atoms with E-state index in [4.69, 9.17) is 10.4 Å². The number of nitrogens with zero attached hydrogens (tertiary/aromatic N) is 2. The second-order valence-electron chi connectivity index (χ2n) is 3.81. The third-order valence-electron chi connectivity index (χ3n) is 2.55. The number of carbonyl (C=O) groups excluding carboxylic acids is 1. The van der Waals surface area contributed by atoms with Crippen molar-refractivity contribution in [1.29, 1.82) is 5.26 Å². The minimum absolute atomic E-state index is 0.110. The molecule has 0 saturated carbocycles. The number of hydrogen-bond donors (Lipinski definition) is 2. The summed E-state index contributed by atoms with van der Waals surface area (Å²) in [5.41, 5.74) is 0.786. The molecule has 0 heterocycles. The number of amides is 2. The Morgan fingerprint density at radius 3 is 2.68 bits per heavy atom. The van der Waals surface area contributed by atoms with E-state index in [1.165, 1.54) is 4.90 Å². The van der Waals surface area contributed by atoms with Gasteiger partial charge in [-0.2, -0.15) is 5.26 Å². The highest BCUT2D eigenvalue weighted by atomic mass is 16.4. The molecule has 0 unspecified atom stereocenters.